The van der Waals surface area contributed by atoms with Gasteiger partial charge in [-0.05, 0) is 36.8 Å². The largest absolute Gasteiger partial charge is 0.490 e. The summed E-state index contributed by atoms with van der Waals surface area (Å²) in [4.78, 5) is 40.4. The maximum atomic E-state index is 12.9. The number of carbonyl (C=O) groups excluding carboxylic acids is 2. The van der Waals surface area contributed by atoms with Gasteiger partial charge in [0, 0.05) is 23.2 Å². The maximum Gasteiger partial charge on any atom is 0.339 e. The van der Waals surface area contributed by atoms with E-state index in [0.29, 0.717) is 33.6 Å². The minimum Gasteiger partial charge on any atom is -0.490 e. The maximum absolute atomic E-state index is 12.9. The van der Waals surface area contributed by atoms with E-state index in [4.69, 9.17) is 13.9 Å². The van der Waals surface area contributed by atoms with Gasteiger partial charge in [-0.15, -0.1) is 0 Å². The first-order valence-electron chi connectivity index (χ1n) is 10.1. The van der Waals surface area contributed by atoms with E-state index in [0.717, 1.165) is 0 Å². The molecule has 0 bridgehead atoms. The van der Waals surface area contributed by atoms with E-state index < -0.39 is 23.4 Å². The minimum absolute atomic E-state index is 0.00314. The molecule has 10 heteroatoms. The first kappa shape index (κ1) is 22.5. The van der Waals surface area contributed by atoms with E-state index in [1.807, 2.05) is 0 Å². The summed E-state index contributed by atoms with van der Waals surface area (Å²) in [6.45, 7) is 1.04. The van der Waals surface area contributed by atoms with Gasteiger partial charge in [0.05, 0.1) is 29.4 Å². The highest BCUT2D eigenvalue weighted by molar-refractivity contribution is 6.05. The van der Waals surface area contributed by atoms with Gasteiger partial charge in [0.25, 0.3) is 5.91 Å². The number of furan rings is 1. The van der Waals surface area contributed by atoms with Crippen LogP contribution in [0.1, 0.15) is 15.9 Å². The molecule has 0 unspecified atom stereocenters. The molecular weight excluding hydrogens is 442 g/mol. The Morgan fingerprint density at radius 1 is 1.15 bits per heavy atom. The normalized spacial score (nSPS) is 10.6. The number of nitro groups is 1. The van der Waals surface area contributed by atoms with Gasteiger partial charge >= 0.3 is 11.7 Å². The number of fused-ring (bicyclic) bond motifs is 1. The molecular formula is C24H19N3O7. The topological polar surface area (TPSA) is 134 Å². The summed E-state index contributed by atoms with van der Waals surface area (Å²) >= 11 is 0. The highest BCUT2D eigenvalue weighted by Gasteiger charge is 2.20. The first-order valence-corrected chi connectivity index (χ1v) is 10.1. The van der Waals surface area contributed by atoms with E-state index >= 15 is 0 Å². The van der Waals surface area contributed by atoms with Crippen molar-refractivity contribution in [2.24, 2.45) is 0 Å². The molecule has 2 aromatic heterocycles. The van der Waals surface area contributed by atoms with Gasteiger partial charge in [0.2, 0.25) is 0 Å². The lowest BCUT2D eigenvalue weighted by Gasteiger charge is -2.12. The fourth-order valence-corrected chi connectivity index (χ4v) is 3.40. The van der Waals surface area contributed by atoms with E-state index in [-0.39, 0.29) is 17.0 Å². The average molecular weight is 461 g/mol. The Morgan fingerprint density at radius 3 is 2.65 bits per heavy atom. The second-order valence-corrected chi connectivity index (χ2v) is 7.27. The number of methoxy groups -OCH3 is 1. The van der Waals surface area contributed by atoms with E-state index in [1.165, 1.54) is 25.5 Å². The SMILES string of the molecule is COc1cc(NC(=O)COC(=O)c2cc(-c3ccco3)nc3ccccc23)c(C)cc1[N+](=O)[O-]. The van der Waals surface area contributed by atoms with Crippen LogP contribution in [0.4, 0.5) is 11.4 Å². The van der Waals surface area contributed by atoms with E-state index in [2.05, 4.69) is 10.3 Å². The Labute approximate surface area is 193 Å². The van der Waals surface area contributed by atoms with Crippen LogP contribution in [0.25, 0.3) is 22.4 Å². The molecule has 172 valence electrons. The summed E-state index contributed by atoms with van der Waals surface area (Å²) in [7, 11) is 1.29. The van der Waals surface area contributed by atoms with Gasteiger partial charge in [-0.1, -0.05) is 18.2 Å². The Balaban J connectivity index is 1.52. The highest BCUT2D eigenvalue weighted by atomic mass is 16.6. The smallest absolute Gasteiger partial charge is 0.339 e. The van der Waals surface area contributed by atoms with Crippen molar-refractivity contribution in [3.8, 4) is 17.2 Å². The zero-order chi connectivity index (χ0) is 24.2. The molecule has 0 atom stereocenters. The van der Waals surface area contributed by atoms with E-state index in [9.17, 15) is 19.7 Å². The molecule has 0 aliphatic carbocycles. The van der Waals surface area contributed by atoms with Crippen LogP contribution in [0, 0.1) is 17.0 Å². The Kier molecular flexibility index (Phi) is 6.22. The number of esters is 1. The van der Waals surface area contributed by atoms with Gasteiger partial charge in [-0.25, -0.2) is 9.78 Å². The number of benzene rings is 2. The van der Waals surface area contributed by atoms with Crippen molar-refractivity contribution in [3.63, 3.8) is 0 Å². The number of nitrogens with zero attached hydrogens (tertiary/aromatic N) is 2. The van der Waals surface area contributed by atoms with Crippen molar-refractivity contribution < 1.29 is 28.4 Å². The number of hydrogen-bond donors (Lipinski definition) is 1. The molecule has 0 spiro atoms. The number of pyridine rings is 1. The molecule has 0 aliphatic heterocycles. The van der Waals surface area contributed by atoms with Crippen molar-refractivity contribution in [2.45, 2.75) is 6.92 Å². The zero-order valence-electron chi connectivity index (χ0n) is 18.2. The number of para-hydroxylation sites is 1. The number of nitrogens with one attached hydrogen (secondary N) is 1. The van der Waals surface area contributed by atoms with Crippen LogP contribution >= 0.6 is 0 Å². The fourth-order valence-electron chi connectivity index (χ4n) is 3.40. The monoisotopic (exact) mass is 461 g/mol. The molecule has 1 amide bonds. The van der Waals surface area contributed by atoms with Crippen LogP contribution < -0.4 is 10.1 Å². The Morgan fingerprint density at radius 2 is 1.94 bits per heavy atom. The molecule has 4 rings (SSSR count). The lowest BCUT2D eigenvalue weighted by atomic mass is 10.1. The van der Waals surface area contributed by atoms with Crippen LogP contribution in [0.2, 0.25) is 0 Å². The third-order valence-corrected chi connectivity index (χ3v) is 5.04. The number of rotatable bonds is 7. The lowest BCUT2D eigenvalue weighted by molar-refractivity contribution is -0.385. The number of anilines is 1. The summed E-state index contributed by atoms with van der Waals surface area (Å²) in [6, 6.07) is 14.7. The van der Waals surface area contributed by atoms with Crippen LogP contribution in [-0.2, 0) is 9.53 Å². The molecule has 0 aliphatic rings. The number of ether oxygens (including phenoxy) is 2. The average Bonchev–Trinajstić information content (AvgIpc) is 3.38. The van der Waals surface area contributed by atoms with Crippen LogP contribution in [0.15, 0.2) is 65.3 Å². The summed E-state index contributed by atoms with van der Waals surface area (Å²) < 4.78 is 15.7. The molecule has 4 aromatic rings. The van der Waals surface area contributed by atoms with Gasteiger partial charge in [-0.2, -0.15) is 0 Å². The van der Waals surface area contributed by atoms with Gasteiger partial charge < -0.3 is 19.2 Å². The van der Waals surface area contributed by atoms with Crippen molar-refractivity contribution in [1.82, 2.24) is 4.98 Å². The number of amides is 1. The molecule has 10 nitrogen and oxygen atoms in total. The van der Waals surface area contributed by atoms with Gasteiger partial charge in [-0.3, -0.25) is 14.9 Å². The van der Waals surface area contributed by atoms with Crippen LogP contribution in [-0.4, -0.2) is 35.5 Å². The number of hydrogen-bond acceptors (Lipinski definition) is 8. The van der Waals surface area contributed by atoms with Crippen molar-refractivity contribution >= 4 is 34.2 Å². The van der Waals surface area contributed by atoms with Crippen molar-refractivity contribution in [3.05, 3.63) is 82.1 Å². The molecule has 0 saturated carbocycles. The highest BCUT2D eigenvalue weighted by Crippen LogP contribution is 2.32. The van der Waals surface area contributed by atoms with Crippen LogP contribution in [0.5, 0.6) is 5.75 Å². The quantitative estimate of drug-likeness (QED) is 0.241. The van der Waals surface area contributed by atoms with E-state index in [1.54, 1.807) is 49.4 Å². The van der Waals surface area contributed by atoms with Gasteiger partial charge in [0.15, 0.2) is 18.1 Å². The molecule has 34 heavy (non-hydrogen) atoms. The first-order chi connectivity index (χ1) is 16.4. The second-order valence-electron chi connectivity index (χ2n) is 7.27. The standard InChI is InChI=1S/C24H19N3O7/c1-14-10-20(27(30)31)22(32-2)12-18(14)26-23(28)13-34-24(29)16-11-19(21-8-5-9-33-21)25-17-7-4-3-6-15(16)17/h3-12H,13H2,1-2H3,(H,26,28). The molecule has 0 radical (unpaired) electrons. The summed E-state index contributed by atoms with van der Waals surface area (Å²) in [6.07, 6.45) is 1.50. The molecule has 0 saturated heterocycles. The zero-order valence-corrected chi connectivity index (χ0v) is 18.2. The molecule has 2 heterocycles. The van der Waals surface area contributed by atoms with Gasteiger partial charge in [0.1, 0.15) is 5.69 Å². The summed E-state index contributed by atoms with van der Waals surface area (Å²) in [5.41, 5.74) is 1.79. The number of aromatic nitrogens is 1. The Bertz CT molecular complexity index is 1400. The minimum atomic E-state index is -0.709. The predicted octanol–water partition coefficient (Wildman–Crippen LogP) is 4.52. The lowest BCUT2D eigenvalue weighted by Crippen LogP contribution is -2.21. The third kappa shape index (κ3) is 4.56. The summed E-state index contributed by atoms with van der Waals surface area (Å²) in [5, 5.41) is 14.3. The number of nitro benzene ring substituents is 1. The number of aryl methyl sites for hydroxylation is 1. The second kappa shape index (κ2) is 9.41. The molecule has 2 aromatic carbocycles. The number of carbonyl (C=O) groups is 2. The molecule has 1 N–H and O–H groups in total. The van der Waals surface area contributed by atoms with Crippen molar-refractivity contribution in [2.75, 3.05) is 19.0 Å². The Hall–Kier alpha value is -4.73. The molecule has 0 fully saturated rings. The summed E-state index contributed by atoms with van der Waals surface area (Å²) in [5.74, 6) is -0.840. The van der Waals surface area contributed by atoms with Crippen molar-refractivity contribution in [1.29, 1.82) is 0 Å². The predicted molar refractivity (Wildman–Crippen MR) is 123 cm³/mol. The van der Waals surface area contributed by atoms with Crippen LogP contribution in [0.3, 0.4) is 0 Å². The third-order valence-electron chi connectivity index (χ3n) is 5.04. The fraction of sp³-hybridized carbons (Fsp3) is 0.125.